The number of imidazole rings is 1. The van der Waals surface area contributed by atoms with E-state index in [-0.39, 0.29) is 5.82 Å². The number of halogens is 4. The molecule has 0 unspecified atom stereocenters. The molecule has 4 aromatic rings. The van der Waals surface area contributed by atoms with Gasteiger partial charge in [0.15, 0.2) is 0 Å². The molecule has 4 rings (SSSR count). The van der Waals surface area contributed by atoms with Gasteiger partial charge in [0.25, 0.3) is 0 Å². The summed E-state index contributed by atoms with van der Waals surface area (Å²) in [6, 6.07) is 14.3. The van der Waals surface area contributed by atoms with Gasteiger partial charge in [-0.3, -0.25) is 4.98 Å². The summed E-state index contributed by atoms with van der Waals surface area (Å²) >= 11 is 1.23. The maximum atomic E-state index is 13.8. The fourth-order valence-corrected chi connectivity index (χ4v) is 3.52. The standard InChI is InChI=1S/C20H14F4N4S/c21-14-3-1-2-4-15(14)26-12-5-6-16-17(9-12)28-19(27-16)11-29-13-7-8-25-18(10-13)20(22,23)24/h1-10,26H,11H2,(H,27,28). The van der Waals surface area contributed by atoms with Gasteiger partial charge in [-0.2, -0.15) is 13.2 Å². The molecule has 0 atom stereocenters. The summed E-state index contributed by atoms with van der Waals surface area (Å²) in [5.41, 5.74) is 1.57. The van der Waals surface area contributed by atoms with Crippen LogP contribution in [-0.2, 0) is 11.9 Å². The van der Waals surface area contributed by atoms with Crippen molar-refractivity contribution in [2.45, 2.75) is 16.8 Å². The van der Waals surface area contributed by atoms with Crippen LogP contribution in [0.25, 0.3) is 11.0 Å². The quantitative estimate of drug-likeness (QED) is 0.301. The molecule has 0 aliphatic carbocycles. The Morgan fingerprint density at radius 3 is 2.66 bits per heavy atom. The van der Waals surface area contributed by atoms with Crippen LogP contribution in [0.4, 0.5) is 28.9 Å². The Hall–Kier alpha value is -3.07. The smallest absolute Gasteiger partial charge is 0.353 e. The average molecular weight is 418 g/mol. The fraction of sp³-hybridized carbons (Fsp3) is 0.100. The van der Waals surface area contributed by atoms with Gasteiger partial charge in [0, 0.05) is 16.8 Å². The van der Waals surface area contributed by atoms with E-state index in [0.717, 1.165) is 17.8 Å². The molecule has 0 spiro atoms. The molecule has 0 aliphatic heterocycles. The number of rotatable bonds is 5. The van der Waals surface area contributed by atoms with E-state index < -0.39 is 11.9 Å². The van der Waals surface area contributed by atoms with Crippen molar-refractivity contribution in [1.29, 1.82) is 0 Å². The van der Waals surface area contributed by atoms with Crippen LogP contribution < -0.4 is 5.32 Å². The zero-order valence-electron chi connectivity index (χ0n) is 14.8. The van der Waals surface area contributed by atoms with Gasteiger partial charge in [-0.25, -0.2) is 9.37 Å². The summed E-state index contributed by atoms with van der Waals surface area (Å²) in [4.78, 5) is 11.4. The zero-order chi connectivity index (χ0) is 20.4. The molecule has 0 amide bonds. The third-order valence-corrected chi connectivity index (χ3v) is 5.09. The van der Waals surface area contributed by atoms with Crippen molar-refractivity contribution in [2.24, 2.45) is 0 Å². The first-order valence-electron chi connectivity index (χ1n) is 8.55. The highest BCUT2D eigenvalue weighted by Gasteiger charge is 2.32. The van der Waals surface area contributed by atoms with E-state index in [1.54, 1.807) is 30.3 Å². The van der Waals surface area contributed by atoms with E-state index in [1.807, 2.05) is 6.07 Å². The lowest BCUT2D eigenvalue weighted by Gasteiger charge is -2.06. The second-order valence-corrected chi connectivity index (χ2v) is 7.23. The molecule has 2 heterocycles. The minimum Gasteiger partial charge on any atom is -0.353 e. The van der Waals surface area contributed by atoms with E-state index in [2.05, 4.69) is 20.3 Å². The van der Waals surface area contributed by atoms with E-state index in [9.17, 15) is 17.6 Å². The van der Waals surface area contributed by atoms with Crippen molar-refractivity contribution in [2.75, 3.05) is 5.32 Å². The number of para-hydroxylation sites is 1. The van der Waals surface area contributed by atoms with Crippen LogP contribution in [-0.4, -0.2) is 15.0 Å². The number of aromatic nitrogens is 3. The molecule has 2 N–H and O–H groups in total. The highest BCUT2D eigenvalue weighted by molar-refractivity contribution is 7.98. The van der Waals surface area contributed by atoms with Crippen molar-refractivity contribution in [3.05, 3.63) is 78.1 Å². The summed E-state index contributed by atoms with van der Waals surface area (Å²) < 4.78 is 52.1. The highest BCUT2D eigenvalue weighted by atomic mass is 32.2. The van der Waals surface area contributed by atoms with Crippen molar-refractivity contribution in [3.8, 4) is 0 Å². The minimum atomic E-state index is -4.47. The van der Waals surface area contributed by atoms with Crippen LogP contribution in [0.15, 0.2) is 65.7 Å². The predicted octanol–water partition coefficient (Wildman–Crippen LogP) is 6.15. The van der Waals surface area contributed by atoms with Gasteiger partial charge in [-0.1, -0.05) is 12.1 Å². The highest BCUT2D eigenvalue weighted by Crippen LogP contribution is 2.31. The maximum Gasteiger partial charge on any atom is 0.433 e. The minimum absolute atomic E-state index is 0.358. The fourth-order valence-electron chi connectivity index (χ4n) is 2.73. The molecule has 4 nitrogen and oxygen atoms in total. The van der Waals surface area contributed by atoms with Gasteiger partial charge in [-0.05, 0) is 42.5 Å². The third-order valence-electron chi connectivity index (χ3n) is 4.08. The molecular weight excluding hydrogens is 404 g/mol. The lowest BCUT2D eigenvalue weighted by atomic mass is 10.2. The number of benzene rings is 2. The largest absolute Gasteiger partial charge is 0.433 e. The molecule has 9 heteroatoms. The van der Waals surface area contributed by atoms with Crippen LogP contribution in [0.2, 0.25) is 0 Å². The molecule has 2 aromatic carbocycles. The number of nitrogens with zero attached hydrogens (tertiary/aromatic N) is 2. The van der Waals surface area contributed by atoms with Crippen molar-refractivity contribution >= 4 is 34.2 Å². The normalized spacial score (nSPS) is 11.7. The monoisotopic (exact) mass is 418 g/mol. The molecule has 0 bridgehead atoms. The SMILES string of the molecule is Fc1ccccc1Nc1ccc2[nH]c(CSc3ccnc(C(F)(F)F)c3)nc2c1. The number of H-pyrrole nitrogens is 1. The number of anilines is 2. The number of nitrogens with one attached hydrogen (secondary N) is 2. The van der Waals surface area contributed by atoms with Crippen LogP contribution in [0, 0.1) is 5.82 Å². The molecular formula is C20H14F4N4S. The van der Waals surface area contributed by atoms with Gasteiger partial charge in [0.2, 0.25) is 0 Å². The summed E-state index contributed by atoms with van der Waals surface area (Å²) in [7, 11) is 0. The van der Waals surface area contributed by atoms with E-state index in [1.165, 1.54) is 23.9 Å². The van der Waals surface area contributed by atoms with Gasteiger partial charge in [-0.15, -0.1) is 11.8 Å². The van der Waals surface area contributed by atoms with Gasteiger partial charge < -0.3 is 10.3 Å². The first-order valence-corrected chi connectivity index (χ1v) is 9.53. The molecule has 2 aromatic heterocycles. The molecule has 0 saturated heterocycles. The second-order valence-electron chi connectivity index (χ2n) is 6.18. The van der Waals surface area contributed by atoms with Crippen molar-refractivity contribution in [1.82, 2.24) is 15.0 Å². The first-order chi connectivity index (χ1) is 13.9. The Labute approximate surface area is 167 Å². The average Bonchev–Trinajstić information content (AvgIpc) is 3.10. The third kappa shape index (κ3) is 4.51. The Balaban J connectivity index is 1.49. The Morgan fingerprint density at radius 2 is 1.86 bits per heavy atom. The Morgan fingerprint density at radius 1 is 1.03 bits per heavy atom. The molecule has 0 radical (unpaired) electrons. The number of alkyl halides is 3. The number of thioether (sulfide) groups is 1. The van der Waals surface area contributed by atoms with E-state index in [4.69, 9.17) is 0 Å². The summed E-state index contributed by atoms with van der Waals surface area (Å²) in [6.07, 6.45) is -3.33. The van der Waals surface area contributed by atoms with Crippen LogP contribution in [0.1, 0.15) is 11.5 Å². The number of fused-ring (bicyclic) bond motifs is 1. The molecule has 148 valence electrons. The van der Waals surface area contributed by atoms with Crippen molar-refractivity contribution in [3.63, 3.8) is 0 Å². The molecule has 0 fully saturated rings. The lowest BCUT2D eigenvalue weighted by Crippen LogP contribution is -2.07. The van der Waals surface area contributed by atoms with Gasteiger partial charge >= 0.3 is 6.18 Å². The van der Waals surface area contributed by atoms with Gasteiger partial charge in [0.1, 0.15) is 17.3 Å². The first kappa shape index (κ1) is 19.3. The summed E-state index contributed by atoms with van der Waals surface area (Å²) in [5.74, 6) is 0.632. The maximum absolute atomic E-state index is 13.8. The topological polar surface area (TPSA) is 53.6 Å². The number of aromatic amines is 1. The number of hydrogen-bond donors (Lipinski definition) is 2. The molecule has 0 saturated carbocycles. The van der Waals surface area contributed by atoms with E-state index >= 15 is 0 Å². The lowest BCUT2D eigenvalue weighted by molar-refractivity contribution is -0.141. The molecule has 29 heavy (non-hydrogen) atoms. The number of hydrogen-bond acceptors (Lipinski definition) is 4. The Bertz CT molecular complexity index is 1160. The summed E-state index contributed by atoms with van der Waals surface area (Å²) in [6.45, 7) is 0. The van der Waals surface area contributed by atoms with E-state index in [0.29, 0.717) is 33.4 Å². The van der Waals surface area contributed by atoms with Gasteiger partial charge in [0.05, 0.1) is 22.5 Å². The zero-order valence-corrected chi connectivity index (χ0v) is 15.6. The summed E-state index contributed by atoms with van der Waals surface area (Å²) in [5, 5.41) is 3.00. The molecule has 0 aliphatic rings. The van der Waals surface area contributed by atoms with Crippen LogP contribution in [0.5, 0.6) is 0 Å². The Kier molecular flexibility index (Phi) is 5.14. The van der Waals surface area contributed by atoms with Crippen molar-refractivity contribution < 1.29 is 17.6 Å². The van der Waals surface area contributed by atoms with Crippen LogP contribution >= 0.6 is 11.8 Å². The second kappa shape index (κ2) is 7.75. The number of pyridine rings is 1. The predicted molar refractivity (Wildman–Crippen MR) is 105 cm³/mol. The van der Waals surface area contributed by atoms with Crippen LogP contribution in [0.3, 0.4) is 0 Å².